The van der Waals surface area contributed by atoms with E-state index < -0.39 is 10.9 Å². The fraction of sp³-hybridized carbons (Fsp3) is 0.111. The van der Waals surface area contributed by atoms with Crippen LogP contribution in [0.3, 0.4) is 0 Å². The number of hydrogen-bond donors (Lipinski definition) is 2. The van der Waals surface area contributed by atoms with Gasteiger partial charge in [-0.15, -0.1) is 0 Å². The van der Waals surface area contributed by atoms with Gasteiger partial charge in [-0.3, -0.25) is 10.1 Å². The Balaban J connectivity index is 1.72. The maximum absolute atomic E-state index is 12.2. The molecule has 1 heterocycles. The molecule has 0 unspecified atom stereocenters. The molecule has 148 valence electrons. The van der Waals surface area contributed by atoms with Crippen LogP contribution < -0.4 is 15.8 Å². The smallest absolute Gasteiger partial charge is 0.338 e. The molecule has 11 heteroatoms. The Morgan fingerprint density at radius 3 is 2.72 bits per heavy atom. The summed E-state index contributed by atoms with van der Waals surface area (Å²) in [5.74, 6) is -0.00655. The quantitative estimate of drug-likeness (QED) is 0.345. The van der Waals surface area contributed by atoms with Crippen molar-refractivity contribution in [1.82, 2.24) is 15.0 Å². The van der Waals surface area contributed by atoms with Crippen molar-refractivity contribution in [2.45, 2.75) is 6.61 Å². The number of nitrogens with zero attached hydrogens (tertiary/aromatic N) is 4. The van der Waals surface area contributed by atoms with E-state index in [1.807, 2.05) is 6.07 Å². The summed E-state index contributed by atoms with van der Waals surface area (Å²) in [7, 11) is 1.53. The van der Waals surface area contributed by atoms with Crippen molar-refractivity contribution in [1.29, 1.82) is 0 Å². The average Bonchev–Trinajstić information content (AvgIpc) is 2.72. The Morgan fingerprint density at radius 2 is 1.97 bits per heavy atom. The first-order chi connectivity index (χ1) is 14.0. The Kier molecular flexibility index (Phi) is 5.78. The number of carbonyl (C=O) groups excluding carboxylic acids is 1. The van der Waals surface area contributed by atoms with Gasteiger partial charge in [-0.05, 0) is 18.2 Å². The molecule has 0 spiro atoms. The van der Waals surface area contributed by atoms with Gasteiger partial charge in [0.15, 0.2) is 12.4 Å². The number of benzene rings is 2. The number of nitro benzene ring substituents is 1. The van der Waals surface area contributed by atoms with Crippen LogP contribution in [0.4, 0.5) is 23.3 Å². The molecule has 0 aliphatic carbocycles. The number of hydrogen-bond acceptors (Lipinski definition) is 10. The Hall–Kier alpha value is -4.28. The lowest BCUT2D eigenvalue weighted by Gasteiger charge is -2.11. The lowest BCUT2D eigenvalue weighted by atomic mass is 10.2. The van der Waals surface area contributed by atoms with Gasteiger partial charge < -0.3 is 20.5 Å². The number of nitrogens with one attached hydrogen (secondary N) is 1. The summed E-state index contributed by atoms with van der Waals surface area (Å²) in [5, 5.41) is 13.8. The van der Waals surface area contributed by atoms with Crippen LogP contribution in [-0.2, 0) is 11.3 Å². The van der Waals surface area contributed by atoms with Crippen molar-refractivity contribution in [2.75, 3.05) is 18.2 Å². The zero-order valence-corrected chi connectivity index (χ0v) is 15.2. The van der Waals surface area contributed by atoms with E-state index in [9.17, 15) is 14.9 Å². The van der Waals surface area contributed by atoms with Crippen LogP contribution in [-0.4, -0.2) is 33.0 Å². The van der Waals surface area contributed by atoms with E-state index in [1.165, 1.54) is 25.3 Å². The number of methoxy groups -OCH3 is 1. The monoisotopic (exact) mass is 396 g/mol. The molecule has 11 nitrogen and oxygen atoms in total. The maximum atomic E-state index is 12.2. The van der Waals surface area contributed by atoms with E-state index in [1.54, 1.807) is 18.2 Å². The summed E-state index contributed by atoms with van der Waals surface area (Å²) < 4.78 is 10.4. The molecule has 0 saturated carbocycles. The highest BCUT2D eigenvalue weighted by Crippen LogP contribution is 2.25. The number of rotatable bonds is 7. The van der Waals surface area contributed by atoms with Crippen molar-refractivity contribution >= 4 is 29.2 Å². The van der Waals surface area contributed by atoms with Crippen LogP contribution in [0.15, 0.2) is 48.5 Å². The standard InChI is InChI=1S/C18H16N6O5/c1-28-14-8-3-2-7-13(14)20-18-22-15(21-17(19)23-18)10-29-16(25)11-5-4-6-12(9-11)24(26)27/h2-9H,10H2,1H3,(H3,19,20,21,22,23). The molecule has 3 aromatic rings. The first kappa shape index (κ1) is 19.5. The van der Waals surface area contributed by atoms with Gasteiger partial charge in [-0.1, -0.05) is 18.2 Å². The van der Waals surface area contributed by atoms with Crippen molar-refractivity contribution in [2.24, 2.45) is 0 Å². The van der Waals surface area contributed by atoms with Crippen LogP contribution in [0.5, 0.6) is 5.75 Å². The third kappa shape index (κ3) is 4.91. The van der Waals surface area contributed by atoms with Gasteiger partial charge in [0.1, 0.15) is 5.75 Å². The van der Waals surface area contributed by atoms with Crippen molar-refractivity contribution < 1.29 is 19.2 Å². The van der Waals surface area contributed by atoms with Crippen molar-refractivity contribution in [3.05, 3.63) is 70.0 Å². The summed E-state index contributed by atoms with van der Waals surface area (Å²) >= 11 is 0. The minimum atomic E-state index is -0.757. The van der Waals surface area contributed by atoms with Gasteiger partial charge in [-0.2, -0.15) is 15.0 Å². The largest absolute Gasteiger partial charge is 0.495 e. The van der Waals surface area contributed by atoms with Gasteiger partial charge in [0.2, 0.25) is 11.9 Å². The lowest BCUT2D eigenvalue weighted by molar-refractivity contribution is -0.384. The molecule has 0 radical (unpaired) electrons. The molecule has 0 saturated heterocycles. The number of esters is 1. The minimum absolute atomic E-state index is 0.0357. The topological polar surface area (TPSA) is 155 Å². The lowest BCUT2D eigenvalue weighted by Crippen LogP contribution is -2.11. The van der Waals surface area contributed by atoms with E-state index in [4.69, 9.17) is 15.2 Å². The van der Waals surface area contributed by atoms with Gasteiger partial charge in [-0.25, -0.2) is 4.79 Å². The van der Waals surface area contributed by atoms with Crippen LogP contribution in [0.2, 0.25) is 0 Å². The van der Waals surface area contributed by atoms with E-state index in [0.29, 0.717) is 11.4 Å². The second-order valence-electron chi connectivity index (χ2n) is 5.64. The SMILES string of the molecule is COc1ccccc1Nc1nc(N)nc(COC(=O)c2cccc([N+](=O)[O-])c2)n1. The highest BCUT2D eigenvalue weighted by molar-refractivity contribution is 5.90. The third-order valence-electron chi connectivity index (χ3n) is 3.68. The predicted molar refractivity (Wildman–Crippen MR) is 103 cm³/mol. The molecule has 0 aliphatic rings. The van der Waals surface area contributed by atoms with E-state index in [2.05, 4.69) is 20.3 Å². The zero-order valence-electron chi connectivity index (χ0n) is 15.2. The van der Waals surface area contributed by atoms with E-state index in [-0.39, 0.29) is 35.6 Å². The summed E-state index contributed by atoms with van der Waals surface area (Å²) in [5.41, 5.74) is 6.14. The van der Waals surface area contributed by atoms with Crippen molar-refractivity contribution in [3.63, 3.8) is 0 Å². The summed E-state index contributed by atoms with van der Waals surface area (Å²) in [6.45, 7) is -0.297. The molecule has 29 heavy (non-hydrogen) atoms. The fourth-order valence-corrected chi connectivity index (χ4v) is 2.39. The third-order valence-corrected chi connectivity index (χ3v) is 3.68. The molecular weight excluding hydrogens is 380 g/mol. The number of para-hydroxylation sites is 2. The van der Waals surface area contributed by atoms with Crippen LogP contribution in [0, 0.1) is 10.1 Å². The number of anilines is 3. The second-order valence-corrected chi connectivity index (χ2v) is 5.64. The number of non-ortho nitro benzene ring substituents is 1. The number of carbonyl (C=O) groups is 1. The van der Waals surface area contributed by atoms with Crippen LogP contribution in [0.1, 0.15) is 16.2 Å². The highest BCUT2D eigenvalue weighted by Gasteiger charge is 2.14. The van der Waals surface area contributed by atoms with Gasteiger partial charge >= 0.3 is 5.97 Å². The molecule has 0 bridgehead atoms. The number of nitro groups is 1. The van der Waals surface area contributed by atoms with Gasteiger partial charge in [0, 0.05) is 12.1 Å². The summed E-state index contributed by atoms with van der Waals surface area (Å²) in [6.07, 6.45) is 0. The predicted octanol–water partition coefficient (Wildman–Crippen LogP) is 2.47. The number of nitrogen functional groups attached to an aromatic ring is 1. The second kappa shape index (κ2) is 8.61. The van der Waals surface area contributed by atoms with E-state index in [0.717, 1.165) is 6.07 Å². The van der Waals surface area contributed by atoms with E-state index >= 15 is 0 Å². The van der Waals surface area contributed by atoms with Crippen LogP contribution in [0.25, 0.3) is 0 Å². The number of aromatic nitrogens is 3. The normalized spacial score (nSPS) is 10.2. The summed E-state index contributed by atoms with van der Waals surface area (Å²) in [4.78, 5) is 34.5. The first-order valence-electron chi connectivity index (χ1n) is 8.28. The fourth-order valence-electron chi connectivity index (χ4n) is 2.39. The van der Waals surface area contributed by atoms with Crippen molar-refractivity contribution in [3.8, 4) is 5.75 Å². The average molecular weight is 396 g/mol. The Labute approximate surface area is 164 Å². The summed E-state index contributed by atoms with van der Waals surface area (Å²) in [6, 6.07) is 12.3. The zero-order chi connectivity index (χ0) is 20.8. The molecule has 0 atom stereocenters. The molecular formula is C18H16N6O5. The molecule has 0 aliphatic heterocycles. The molecule has 3 rings (SSSR count). The number of nitrogens with two attached hydrogens (primary N) is 1. The minimum Gasteiger partial charge on any atom is -0.495 e. The molecule has 0 amide bonds. The molecule has 1 aromatic heterocycles. The van der Waals surface area contributed by atoms with Gasteiger partial charge in [0.05, 0.1) is 23.3 Å². The first-order valence-corrected chi connectivity index (χ1v) is 8.28. The van der Waals surface area contributed by atoms with Crippen LogP contribution >= 0.6 is 0 Å². The Bertz CT molecular complexity index is 1060. The molecule has 2 aromatic carbocycles. The highest BCUT2D eigenvalue weighted by atomic mass is 16.6. The maximum Gasteiger partial charge on any atom is 0.338 e. The number of ether oxygens (including phenoxy) is 2. The van der Waals surface area contributed by atoms with Gasteiger partial charge in [0.25, 0.3) is 5.69 Å². The molecule has 0 fully saturated rings. The molecule has 3 N–H and O–H groups in total. The Morgan fingerprint density at radius 1 is 1.17 bits per heavy atom.